The van der Waals surface area contributed by atoms with E-state index in [1.165, 1.54) is 0 Å². The van der Waals surface area contributed by atoms with Crippen molar-refractivity contribution in [1.29, 1.82) is 0 Å². The van der Waals surface area contributed by atoms with Gasteiger partial charge >= 0.3 is 0 Å². The lowest BCUT2D eigenvalue weighted by atomic mass is 10.1. The highest BCUT2D eigenvalue weighted by molar-refractivity contribution is 5.83. The van der Waals surface area contributed by atoms with E-state index >= 15 is 0 Å². The van der Waals surface area contributed by atoms with Crippen LogP contribution in [-0.2, 0) is 11.8 Å². The van der Waals surface area contributed by atoms with Gasteiger partial charge in [0.25, 0.3) is 0 Å². The van der Waals surface area contributed by atoms with Gasteiger partial charge in [0.1, 0.15) is 11.8 Å². The van der Waals surface area contributed by atoms with E-state index < -0.39 is 6.04 Å². The first-order chi connectivity index (χ1) is 8.58. The van der Waals surface area contributed by atoms with E-state index in [1.807, 2.05) is 6.92 Å². The van der Waals surface area contributed by atoms with Gasteiger partial charge in [-0.25, -0.2) is 0 Å². The molecular formula is C12H16N4O2. The highest BCUT2D eigenvalue weighted by atomic mass is 16.3. The van der Waals surface area contributed by atoms with Crippen LogP contribution in [0.1, 0.15) is 30.3 Å². The zero-order chi connectivity index (χ0) is 13.1. The quantitative estimate of drug-likeness (QED) is 0.841. The van der Waals surface area contributed by atoms with Crippen LogP contribution in [0, 0.1) is 0 Å². The third kappa shape index (κ3) is 2.60. The number of hydrogen-bond donors (Lipinski definition) is 2. The molecule has 3 N–H and O–H groups in total. The number of carbonyl (C=O) groups is 1. The molecule has 0 aliphatic heterocycles. The van der Waals surface area contributed by atoms with E-state index in [0.717, 1.165) is 0 Å². The predicted molar refractivity (Wildman–Crippen MR) is 65.4 cm³/mol. The Morgan fingerprint density at radius 3 is 2.94 bits per heavy atom. The van der Waals surface area contributed by atoms with Crippen molar-refractivity contribution in [1.82, 2.24) is 15.1 Å². The van der Waals surface area contributed by atoms with Crippen molar-refractivity contribution >= 4 is 5.91 Å². The van der Waals surface area contributed by atoms with Crippen LogP contribution in [-0.4, -0.2) is 15.7 Å². The molecule has 2 heterocycles. The van der Waals surface area contributed by atoms with Crippen LogP contribution >= 0.6 is 0 Å². The fourth-order valence-corrected chi connectivity index (χ4v) is 1.66. The lowest BCUT2D eigenvalue weighted by Crippen LogP contribution is -2.35. The summed E-state index contributed by atoms with van der Waals surface area (Å²) in [5, 5.41) is 6.78. The number of hydrogen-bond acceptors (Lipinski definition) is 4. The highest BCUT2D eigenvalue weighted by Gasteiger charge is 2.20. The number of carbonyl (C=O) groups excluding carboxylic acids is 1. The summed E-state index contributed by atoms with van der Waals surface area (Å²) in [7, 11) is 1.78. The van der Waals surface area contributed by atoms with Gasteiger partial charge in [0, 0.05) is 18.8 Å². The molecule has 6 heteroatoms. The first kappa shape index (κ1) is 12.4. The third-order valence-corrected chi connectivity index (χ3v) is 2.70. The zero-order valence-electron chi connectivity index (χ0n) is 10.3. The third-order valence-electron chi connectivity index (χ3n) is 2.70. The number of nitrogens with two attached hydrogens (primary N) is 1. The Bertz CT molecular complexity index is 518. The number of amides is 1. The van der Waals surface area contributed by atoms with Crippen LogP contribution in [0.5, 0.6) is 0 Å². The zero-order valence-corrected chi connectivity index (χ0v) is 10.3. The molecule has 96 valence electrons. The Kier molecular flexibility index (Phi) is 3.47. The van der Waals surface area contributed by atoms with Crippen LogP contribution in [0.3, 0.4) is 0 Å². The Morgan fingerprint density at radius 2 is 2.39 bits per heavy atom. The maximum Gasteiger partial charge on any atom is 0.242 e. The summed E-state index contributed by atoms with van der Waals surface area (Å²) in [4.78, 5) is 11.9. The average Bonchev–Trinajstić information content (AvgIpc) is 2.98. The largest absolute Gasteiger partial charge is 0.467 e. The molecule has 0 saturated carbocycles. The summed E-state index contributed by atoms with van der Waals surface area (Å²) in [5.41, 5.74) is 6.54. The van der Waals surface area contributed by atoms with Crippen LogP contribution in [0.25, 0.3) is 0 Å². The maximum atomic E-state index is 11.9. The van der Waals surface area contributed by atoms with Crippen molar-refractivity contribution in [2.45, 2.75) is 19.0 Å². The minimum atomic E-state index is -0.726. The van der Waals surface area contributed by atoms with Gasteiger partial charge in [-0.3, -0.25) is 9.48 Å². The molecule has 1 amide bonds. The van der Waals surface area contributed by atoms with Gasteiger partial charge < -0.3 is 15.5 Å². The smallest absolute Gasteiger partial charge is 0.242 e. The summed E-state index contributed by atoms with van der Waals surface area (Å²) in [5.74, 6) is 0.439. The van der Waals surface area contributed by atoms with Gasteiger partial charge in [0.2, 0.25) is 5.91 Å². The molecule has 0 fully saturated rings. The average molecular weight is 248 g/mol. The fourth-order valence-electron chi connectivity index (χ4n) is 1.66. The molecule has 0 bridgehead atoms. The van der Waals surface area contributed by atoms with Crippen LogP contribution in [0.2, 0.25) is 0 Å². The van der Waals surface area contributed by atoms with Gasteiger partial charge in [-0.1, -0.05) is 0 Å². The molecule has 0 aliphatic rings. The predicted octanol–water partition coefficient (Wildman–Crippen LogP) is 0.890. The molecule has 0 aliphatic carbocycles. The number of furan rings is 1. The molecule has 2 unspecified atom stereocenters. The molecule has 0 radical (unpaired) electrons. The van der Waals surface area contributed by atoms with Crippen molar-refractivity contribution in [3.05, 3.63) is 42.1 Å². The second kappa shape index (κ2) is 5.05. The molecular weight excluding hydrogens is 232 g/mol. The van der Waals surface area contributed by atoms with E-state index in [1.54, 1.807) is 42.5 Å². The van der Waals surface area contributed by atoms with Crippen LogP contribution < -0.4 is 11.1 Å². The summed E-state index contributed by atoms with van der Waals surface area (Å²) >= 11 is 0. The molecule has 18 heavy (non-hydrogen) atoms. The Morgan fingerprint density at radius 1 is 1.61 bits per heavy atom. The van der Waals surface area contributed by atoms with Crippen LogP contribution in [0.4, 0.5) is 0 Å². The van der Waals surface area contributed by atoms with Gasteiger partial charge in [-0.2, -0.15) is 5.10 Å². The van der Waals surface area contributed by atoms with Crippen LogP contribution in [0.15, 0.2) is 35.2 Å². The van der Waals surface area contributed by atoms with Gasteiger partial charge in [0.05, 0.1) is 18.5 Å². The standard InChI is InChI=1S/C12H16N4O2/c1-8(10-4-3-5-18-10)15-12(17)11(13)9-6-14-16(2)7-9/h3-8,11H,13H2,1-2H3,(H,15,17). The van der Waals surface area contributed by atoms with E-state index in [4.69, 9.17) is 10.2 Å². The summed E-state index contributed by atoms with van der Waals surface area (Å²) < 4.78 is 6.82. The molecule has 2 aromatic rings. The lowest BCUT2D eigenvalue weighted by molar-refractivity contribution is -0.123. The Hall–Kier alpha value is -2.08. The van der Waals surface area contributed by atoms with E-state index in [-0.39, 0.29) is 11.9 Å². The second-order valence-corrected chi connectivity index (χ2v) is 4.17. The minimum absolute atomic E-state index is 0.213. The van der Waals surface area contributed by atoms with Crippen molar-refractivity contribution in [3.63, 3.8) is 0 Å². The number of nitrogens with zero attached hydrogens (tertiary/aromatic N) is 2. The second-order valence-electron chi connectivity index (χ2n) is 4.17. The minimum Gasteiger partial charge on any atom is -0.467 e. The fraction of sp³-hybridized carbons (Fsp3) is 0.333. The Labute approximate surface area is 105 Å². The van der Waals surface area contributed by atoms with Gasteiger partial charge in [-0.15, -0.1) is 0 Å². The topological polar surface area (TPSA) is 86.1 Å². The number of aryl methyl sites for hydroxylation is 1. The molecule has 0 aromatic carbocycles. The highest BCUT2D eigenvalue weighted by Crippen LogP contribution is 2.15. The molecule has 0 saturated heterocycles. The first-order valence-corrected chi connectivity index (χ1v) is 5.66. The van der Waals surface area contributed by atoms with Crippen molar-refractivity contribution < 1.29 is 9.21 Å². The van der Waals surface area contributed by atoms with Crippen molar-refractivity contribution in [2.75, 3.05) is 0 Å². The monoisotopic (exact) mass is 248 g/mol. The van der Waals surface area contributed by atoms with Gasteiger partial charge in [0.15, 0.2) is 0 Å². The first-order valence-electron chi connectivity index (χ1n) is 5.66. The molecule has 2 aromatic heterocycles. The van der Waals surface area contributed by atoms with Crippen molar-refractivity contribution in [2.24, 2.45) is 12.8 Å². The van der Waals surface area contributed by atoms with Gasteiger partial charge in [-0.05, 0) is 19.1 Å². The normalized spacial score (nSPS) is 14.2. The number of aromatic nitrogens is 2. The molecule has 6 nitrogen and oxygen atoms in total. The summed E-state index contributed by atoms with van der Waals surface area (Å²) in [6, 6.07) is 2.64. The summed E-state index contributed by atoms with van der Waals surface area (Å²) in [6.07, 6.45) is 4.88. The summed E-state index contributed by atoms with van der Waals surface area (Å²) in [6.45, 7) is 1.84. The molecule has 0 spiro atoms. The van der Waals surface area contributed by atoms with E-state index in [2.05, 4.69) is 10.4 Å². The number of nitrogens with one attached hydrogen (secondary N) is 1. The molecule has 2 atom stereocenters. The maximum absolute atomic E-state index is 11.9. The lowest BCUT2D eigenvalue weighted by Gasteiger charge is -2.15. The van der Waals surface area contributed by atoms with Crippen molar-refractivity contribution in [3.8, 4) is 0 Å². The Balaban J connectivity index is 1.99. The number of rotatable bonds is 4. The van der Waals surface area contributed by atoms with E-state index in [0.29, 0.717) is 11.3 Å². The SMILES string of the molecule is CC(NC(=O)C(N)c1cnn(C)c1)c1ccco1. The van der Waals surface area contributed by atoms with E-state index in [9.17, 15) is 4.79 Å². The molecule has 2 rings (SSSR count).